The lowest BCUT2D eigenvalue weighted by molar-refractivity contribution is -0.383. The highest BCUT2D eigenvalue weighted by atomic mass is 16.6. The maximum Gasteiger partial charge on any atom is 0.292 e. The first-order chi connectivity index (χ1) is 9.93. The minimum absolute atomic E-state index is 0.0546. The molecule has 1 amide bonds. The second kappa shape index (κ2) is 6.19. The number of para-hydroxylation sites is 2. The van der Waals surface area contributed by atoms with Crippen molar-refractivity contribution in [1.29, 1.82) is 0 Å². The molecule has 7 heteroatoms. The predicted molar refractivity (Wildman–Crippen MR) is 79.9 cm³/mol. The zero-order valence-corrected chi connectivity index (χ0v) is 12.0. The minimum atomic E-state index is -0.503. The normalized spacial score (nSPS) is 22.2. The third kappa shape index (κ3) is 3.77. The number of likely N-dealkylation sites (tertiary alicyclic amines) is 1. The molecule has 114 valence electrons. The Morgan fingerprint density at radius 3 is 2.86 bits per heavy atom. The Morgan fingerprint density at radius 2 is 2.24 bits per heavy atom. The van der Waals surface area contributed by atoms with Crippen molar-refractivity contribution in [3.63, 3.8) is 0 Å². The molecule has 1 saturated heterocycles. The van der Waals surface area contributed by atoms with Gasteiger partial charge in [-0.2, -0.15) is 0 Å². The topological polar surface area (TPSA) is 102 Å². The van der Waals surface area contributed by atoms with E-state index in [1.807, 2.05) is 4.90 Å². The minimum Gasteiger partial charge on any atom is -0.330 e. The quantitative estimate of drug-likeness (QED) is 0.627. The maximum absolute atomic E-state index is 12.0. The van der Waals surface area contributed by atoms with Crippen molar-refractivity contribution >= 4 is 17.3 Å². The summed E-state index contributed by atoms with van der Waals surface area (Å²) >= 11 is 0. The molecule has 1 aliphatic rings. The Balaban J connectivity index is 1.96. The predicted octanol–water partition coefficient (Wildman–Crippen LogP) is 1.20. The highest BCUT2D eigenvalue weighted by Gasteiger charge is 2.33. The first-order valence-corrected chi connectivity index (χ1v) is 6.89. The van der Waals surface area contributed by atoms with Gasteiger partial charge in [0.2, 0.25) is 5.91 Å². The van der Waals surface area contributed by atoms with Gasteiger partial charge >= 0.3 is 0 Å². The molecule has 1 fully saturated rings. The molecule has 0 bridgehead atoms. The summed E-state index contributed by atoms with van der Waals surface area (Å²) < 4.78 is 0. The molecule has 1 aliphatic heterocycles. The second-order valence-corrected chi connectivity index (χ2v) is 5.80. The first kappa shape index (κ1) is 15.4. The van der Waals surface area contributed by atoms with Crippen molar-refractivity contribution in [2.24, 2.45) is 11.1 Å². The number of benzene rings is 1. The Hall–Kier alpha value is -1.99. The van der Waals surface area contributed by atoms with Gasteiger partial charge in [0.1, 0.15) is 5.69 Å². The fourth-order valence-electron chi connectivity index (χ4n) is 2.56. The molecule has 1 atom stereocenters. The lowest BCUT2D eigenvalue weighted by Crippen LogP contribution is -2.35. The molecule has 1 aromatic carbocycles. The summed E-state index contributed by atoms with van der Waals surface area (Å²) in [5.74, 6) is -0.245. The monoisotopic (exact) mass is 292 g/mol. The summed E-state index contributed by atoms with van der Waals surface area (Å²) in [6.45, 7) is 4.51. The van der Waals surface area contributed by atoms with Gasteiger partial charge in [-0.1, -0.05) is 19.1 Å². The lowest BCUT2D eigenvalue weighted by atomic mass is 9.90. The van der Waals surface area contributed by atoms with E-state index in [-0.39, 0.29) is 29.2 Å². The van der Waals surface area contributed by atoms with Gasteiger partial charge in [-0.25, -0.2) is 0 Å². The third-order valence-electron chi connectivity index (χ3n) is 3.87. The summed E-state index contributed by atoms with van der Waals surface area (Å²) in [4.78, 5) is 24.5. The summed E-state index contributed by atoms with van der Waals surface area (Å²) in [5, 5.41) is 13.5. The van der Waals surface area contributed by atoms with E-state index in [0.29, 0.717) is 6.54 Å². The third-order valence-corrected chi connectivity index (χ3v) is 3.87. The number of carbonyl (C=O) groups is 1. The molecular formula is C14H20N4O3. The Labute approximate surface area is 123 Å². The van der Waals surface area contributed by atoms with Crippen LogP contribution in [0.15, 0.2) is 24.3 Å². The molecule has 0 saturated carbocycles. The molecule has 1 aromatic rings. The molecule has 7 nitrogen and oxygen atoms in total. The number of nitro groups is 1. The molecule has 3 N–H and O–H groups in total. The van der Waals surface area contributed by atoms with Gasteiger partial charge in [0, 0.05) is 12.6 Å². The molecule has 1 heterocycles. The largest absolute Gasteiger partial charge is 0.330 e. The van der Waals surface area contributed by atoms with Gasteiger partial charge in [0.15, 0.2) is 0 Å². The number of nitrogens with two attached hydrogens (primary N) is 1. The van der Waals surface area contributed by atoms with E-state index in [0.717, 1.165) is 19.5 Å². The molecule has 0 aromatic heterocycles. The van der Waals surface area contributed by atoms with Crippen LogP contribution in [0.2, 0.25) is 0 Å². The van der Waals surface area contributed by atoms with Crippen molar-refractivity contribution in [2.75, 3.05) is 31.5 Å². The van der Waals surface area contributed by atoms with Gasteiger partial charge < -0.3 is 11.1 Å². The van der Waals surface area contributed by atoms with E-state index >= 15 is 0 Å². The van der Waals surface area contributed by atoms with Gasteiger partial charge in [-0.05, 0) is 31.0 Å². The molecule has 0 aliphatic carbocycles. The van der Waals surface area contributed by atoms with Crippen LogP contribution in [0.25, 0.3) is 0 Å². The van der Waals surface area contributed by atoms with Crippen molar-refractivity contribution in [2.45, 2.75) is 13.3 Å². The summed E-state index contributed by atoms with van der Waals surface area (Å²) in [6, 6.07) is 6.13. The van der Waals surface area contributed by atoms with Crippen LogP contribution in [-0.2, 0) is 4.79 Å². The highest BCUT2D eigenvalue weighted by molar-refractivity contribution is 5.94. The second-order valence-electron chi connectivity index (χ2n) is 5.80. The smallest absolute Gasteiger partial charge is 0.292 e. The van der Waals surface area contributed by atoms with Gasteiger partial charge in [0.25, 0.3) is 5.69 Å². The number of hydrogen-bond acceptors (Lipinski definition) is 5. The van der Waals surface area contributed by atoms with Crippen LogP contribution in [0, 0.1) is 15.5 Å². The summed E-state index contributed by atoms with van der Waals surface area (Å²) in [7, 11) is 0. The highest BCUT2D eigenvalue weighted by Crippen LogP contribution is 2.28. The van der Waals surface area contributed by atoms with Crippen LogP contribution < -0.4 is 11.1 Å². The summed E-state index contributed by atoms with van der Waals surface area (Å²) in [6.07, 6.45) is 0.961. The van der Waals surface area contributed by atoms with Crippen molar-refractivity contribution in [3.05, 3.63) is 34.4 Å². The number of amides is 1. The van der Waals surface area contributed by atoms with E-state index in [2.05, 4.69) is 12.2 Å². The van der Waals surface area contributed by atoms with Gasteiger partial charge in [-0.15, -0.1) is 0 Å². The Bertz CT molecular complexity index is 549. The van der Waals surface area contributed by atoms with Crippen LogP contribution >= 0.6 is 0 Å². The van der Waals surface area contributed by atoms with Crippen LogP contribution in [0.3, 0.4) is 0 Å². The number of rotatable bonds is 5. The average Bonchev–Trinajstić information content (AvgIpc) is 2.81. The van der Waals surface area contributed by atoms with Crippen LogP contribution in [0.5, 0.6) is 0 Å². The standard InChI is InChI=1S/C14H20N4O3/c1-14(9-15)6-7-17(10-14)8-13(19)16-11-4-2-3-5-12(11)18(20)21/h2-5H,6-10,15H2,1H3,(H,16,19). The maximum atomic E-state index is 12.0. The van der Waals surface area contributed by atoms with Crippen molar-refractivity contribution in [3.8, 4) is 0 Å². The van der Waals surface area contributed by atoms with E-state index in [1.165, 1.54) is 12.1 Å². The number of nitro benzene ring substituents is 1. The molecule has 1 unspecified atom stereocenters. The molecular weight excluding hydrogens is 272 g/mol. The van der Waals surface area contributed by atoms with Crippen molar-refractivity contribution < 1.29 is 9.72 Å². The van der Waals surface area contributed by atoms with E-state index in [9.17, 15) is 14.9 Å². The molecule has 0 radical (unpaired) electrons. The van der Waals surface area contributed by atoms with E-state index in [1.54, 1.807) is 12.1 Å². The zero-order valence-electron chi connectivity index (χ0n) is 12.0. The number of hydrogen-bond donors (Lipinski definition) is 2. The van der Waals surface area contributed by atoms with E-state index < -0.39 is 4.92 Å². The first-order valence-electron chi connectivity index (χ1n) is 6.89. The lowest BCUT2D eigenvalue weighted by Gasteiger charge is -2.22. The van der Waals surface area contributed by atoms with Crippen molar-refractivity contribution in [1.82, 2.24) is 4.90 Å². The number of carbonyl (C=O) groups excluding carboxylic acids is 1. The summed E-state index contributed by atoms with van der Waals surface area (Å²) in [5.41, 5.74) is 5.92. The van der Waals surface area contributed by atoms with Gasteiger partial charge in [0.05, 0.1) is 11.5 Å². The average molecular weight is 292 g/mol. The zero-order chi connectivity index (χ0) is 15.5. The molecule has 21 heavy (non-hydrogen) atoms. The molecule has 2 rings (SSSR count). The number of nitrogens with one attached hydrogen (secondary N) is 1. The Kier molecular flexibility index (Phi) is 4.54. The fraction of sp³-hybridized carbons (Fsp3) is 0.500. The van der Waals surface area contributed by atoms with Gasteiger partial charge in [-0.3, -0.25) is 19.8 Å². The SMILES string of the molecule is CC1(CN)CCN(CC(=O)Nc2ccccc2[N+](=O)[O-])C1. The van der Waals surface area contributed by atoms with Crippen LogP contribution in [0.4, 0.5) is 11.4 Å². The number of nitrogens with zero attached hydrogens (tertiary/aromatic N) is 2. The number of anilines is 1. The fourth-order valence-corrected chi connectivity index (χ4v) is 2.56. The Morgan fingerprint density at radius 1 is 1.52 bits per heavy atom. The van der Waals surface area contributed by atoms with E-state index in [4.69, 9.17) is 5.73 Å². The molecule has 0 spiro atoms. The van der Waals surface area contributed by atoms with Crippen LogP contribution in [0.1, 0.15) is 13.3 Å². The van der Waals surface area contributed by atoms with Crippen LogP contribution in [-0.4, -0.2) is 41.9 Å².